The van der Waals surface area contributed by atoms with E-state index < -0.39 is 30.3 Å². The zero-order chi connectivity index (χ0) is 50.4. The Hall–Kier alpha value is -8.09. The second kappa shape index (κ2) is 19.6. The van der Waals surface area contributed by atoms with Crippen LogP contribution >= 0.6 is 0 Å². The first kappa shape index (κ1) is 47.6. The van der Waals surface area contributed by atoms with Crippen LogP contribution < -0.4 is 20.1 Å². The molecule has 0 aliphatic carbocycles. The van der Waals surface area contributed by atoms with E-state index in [4.69, 9.17) is 28.9 Å². The van der Waals surface area contributed by atoms with Crippen LogP contribution in [0.5, 0.6) is 11.5 Å². The van der Waals surface area contributed by atoms with Gasteiger partial charge in [-0.2, -0.15) is 0 Å². The van der Waals surface area contributed by atoms with Gasteiger partial charge in [0.1, 0.15) is 29.8 Å². The van der Waals surface area contributed by atoms with Crippen LogP contribution in [-0.2, 0) is 32.2 Å². The summed E-state index contributed by atoms with van der Waals surface area (Å²) in [5.74, 6) is 1.55. The minimum atomic E-state index is -0.920. The molecule has 19 heteroatoms. The number of urea groups is 1. The second-order valence-electron chi connectivity index (χ2n) is 19.3. The molecule has 2 saturated heterocycles. The first-order valence-electron chi connectivity index (χ1n) is 24.3. The van der Waals surface area contributed by atoms with Crippen molar-refractivity contribution in [3.63, 3.8) is 0 Å². The minimum absolute atomic E-state index is 0.0192. The molecular formula is C53H58N10O9. The Morgan fingerprint density at radius 1 is 0.681 bits per heavy atom. The maximum Gasteiger partial charge on any atom is 0.407 e. The summed E-state index contributed by atoms with van der Waals surface area (Å²) in [4.78, 5) is 90.4. The van der Waals surface area contributed by atoms with E-state index in [0.717, 1.165) is 68.4 Å². The van der Waals surface area contributed by atoms with Gasteiger partial charge in [-0.1, -0.05) is 94.4 Å². The number of likely N-dealkylation sites (tertiary alicyclic amines) is 1. The molecular weight excluding hydrogens is 921 g/mol. The molecule has 0 saturated carbocycles. The quantitative estimate of drug-likeness (QED) is 0.0986. The lowest BCUT2D eigenvalue weighted by atomic mass is 9.94. The molecule has 6 aromatic rings. The molecule has 0 spiro atoms. The van der Waals surface area contributed by atoms with Gasteiger partial charge in [-0.25, -0.2) is 24.4 Å². The number of nitrogens with zero attached hydrogens (tertiary/aromatic N) is 6. The van der Waals surface area contributed by atoms with Crippen LogP contribution in [0, 0.1) is 11.8 Å². The van der Waals surface area contributed by atoms with Crippen LogP contribution in [0.25, 0.3) is 44.4 Å². The third-order valence-corrected chi connectivity index (χ3v) is 14.2. The lowest BCUT2D eigenvalue weighted by Crippen LogP contribution is -2.52. The van der Waals surface area contributed by atoms with Crippen molar-refractivity contribution in [3.8, 4) is 45.1 Å². The molecule has 0 unspecified atom stereocenters. The molecule has 10 rings (SSSR count). The number of alkyl carbamates (subject to hydrolysis) is 2. The number of H-pyrrole nitrogens is 2. The summed E-state index contributed by atoms with van der Waals surface area (Å²) in [5, 5.41) is 7.49. The van der Waals surface area contributed by atoms with Gasteiger partial charge in [-0.3, -0.25) is 9.59 Å². The van der Waals surface area contributed by atoms with Crippen LogP contribution in [0.4, 0.5) is 14.4 Å². The number of hydrogen-bond donors (Lipinski definition) is 4. The van der Waals surface area contributed by atoms with Crippen molar-refractivity contribution in [2.24, 2.45) is 11.8 Å². The Morgan fingerprint density at radius 3 is 1.97 bits per heavy atom. The third kappa shape index (κ3) is 8.87. The minimum Gasteiger partial charge on any atom is -0.454 e. The van der Waals surface area contributed by atoms with E-state index in [1.54, 1.807) is 25.8 Å². The molecule has 2 fully saturated rings. The predicted octanol–water partition coefficient (Wildman–Crippen LogP) is 7.72. The van der Waals surface area contributed by atoms with Crippen LogP contribution in [0.15, 0.2) is 85.2 Å². The molecule has 4 aliphatic rings. The number of aromatic amines is 2. The molecule has 4 aromatic carbocycles. The monoisotopic (exact) mass is 978 g/mol. The van der Waals surface area contributed by atoms with E-state index in [0.29, 0.717) is 42.8 Å². The van der Waals surface area contributed by atoms with E-state index in [2.05, 4.69) is 57.0 Å². The van der Waals surface area contributed by atoms with Crippen molar-refractivity contribution in [1.82, 2.24) is 50.2 Å². The summed E-state index contributed by atoms with van der Waals surface area (Å²) in [6.07, 6.45) is 3.74. The molecule has 72 heavy (non-hydrogen) atoms. The highest BCUT2D eigenvalue weighted by Crippen LogP contribution is 2.43. The molecule has 2 aromatic heterocycles. The van der Waals surface area contributed by atoms with Gasteiger partial charge in [0, 0.05) is 24.2 Å². The van der Waals surface area contributed by atoms with Crippen LogP contribution in [0.2, 0.25) is 0 Å². The van der Waals surface area contributed by atoms with E-state index in [9.17, 15) is 24.0 Å². The lowest BCUT2D eigenvalue weighted by Gasteiger charge is -2.30. The molecule has 4 atom stereocenters. The number of methoxy groups -OCH3 is 2. The average molecular weight is 979 g/mol. The fourth-order valence-electron chi connectivity index (χ4n) is 10.4. The Bertz CT molecular complexity index is 3060. The second-order valence-corrected chi connectivity index (χ2v) is 19.3. The smallest absolute Gasteiger partial charge is 0.407 e. The number of benzene rings is 4. The lowest BCUT2D eigenvalue weighted by molar-refractivity contribution is -0.136. The molecule has 6 heterocycles. The highest BCUT2D eigenvalue weighted by Gasteiger charge is 2.44. The average Bonchev–Trinajstić information content (AvgIpc) is 4.26. The fourth-order valence-corrected chi connectivity index (χ4v) is 10.4. The molecule has 0 bridgehead atoms. The van der Waals surface area contributed by atoms with Crippen LogP contribution in [0.1, 0.15) is 75.4 Å². The topological polar surface area (TPSA) is 217 Å². The molecule has 6 amide bonds. The summed E-state index contributed by atoms with van der Waals surface area (Å²) in [6, 6.07) is 21.6. The van der Waals surface area contributed by atoms with Crippen molar-refractivity contribution in [1.29, 1.82) is 0 Å². The van der Waals surface area contributed by atoms with Gasteiger partial charge in [0.15, 0.2) is 11.5 Å². The molecule has 0 radical (unpaired) electrons. The van der Waals surface area contributed by atoms with Crippen LogP contribution in [0.3, 0.4) is 0 Å². The summed E-state index contributed by atoms with van der Waals surface area (Å²) in [7, 11) is 2.53. The van der Waals surface area contributed by atoms with Gasteiger partial charge in [-0.15, -0.1) is 0 Å². The van der Waals surface area contributed by atoms with Gasteiger partial charge in [0.25, 0.3) is 0 Å². The summed E-state index contributed by atoms with van der Waals surface area (Å²) >= 11 is 0. The number of amides is 6. The number of carbonyl (C=O) groups is 5. The van der Waals surface area contributed by atoms with Gasteiger partial charge in [0.2, 0.25) is 18.6 Å². The van der Waals surface area contributed by atoms with Crippen molar-refractivity contribution < 1.29 is 42.9 Å². The highest BCUT2D eigenvalue weighted by molar-refractivity contribution is 6.04. The number of hydrogen-bond acceptors (Lipinski definition) is 11. The zero-order valence-electron chi connectivity index (χ0n) is 41.1. The first-order chi connectivity index (χ1) is 34.8. The Labute approximate surface area is 416 Å². The van der Waals surface area contributed by atoms with Crippen molar-refractivity contribution in [2.75, 3.05) is 40.8 Å². The number of imidazole rings is 2. The molecule has 19 nitrogen and oxygen atoms in total. The van der Waals surface area contributed by atoms with Gasteiger partial charge >= 0.3 is 18.2 Å². The number of fused-ring (bicyclic) bond motifs is 4. The first-order valence-corrected chi connectivity index (χ1v) is 24.3. The number of ether oxygens (including phenoxy) is 4. The number of carbonyl (C=O) groups excluding carboxylic acids is 5. The normalized spacial score (nSPS) is 17.9. The Morgan fingerprint density at radius 2 is 1.29 bits per heavy atom. The standard InChI is InChI=1S/C53H58N10O9/c1-29(2)44(58-51(66)69-5)49(64)62-21-9-14-41(62)47-55-23-40(57-47)37-13-8-11-35-34(10-7-12-36(35)37)31-15-17-32(18-16-31)39-22-54-48(56-39)42-26-61(27-63(42)50(65)45(30(3)4)59-52(67)70-6)53(68)60-24-33-19-20-43-46(38(33)25-60)72-28-71-43/h7-8,10-13,15-20,22-23,29-30,41-42,44-45H,9,14,21,24-28H2,1-6H3,(H,54,56)(H,55,57)(H,58,66)(H,59,67)/t41-,42-,44-,45-/m0/s1. The number of aromatic nitrogens is 4. The van der Waals surface area contributed by atoms with E-state index in [-0.39, 0.29) is 55.7 Å². The third-order valence-electron chi connectivity index (χ3n) is 14.2. The van der Waals surface area contributed by atoms with E-state index >= 15 is 0 Å². The van der Waals surface area contributed by atoms with Crippen molar-refractivity contribution in [2.45, 2.75) is 77.8 Å². The largest absolute Gasteiger partial charge is 0.454 e. The molecule has 374 valence electrons. The molecule has 4 N–H and O–H groups in total. The zero-order valence-corrected chi connectivity index (χ0v) is 41.1. The van der Waals surface area contributed by atoms with Crippen LogP contribution in [-0.4, -0.2) is 122 Å². The Balaban J connectivity index is 0.881. The van der Waals surface area contributed by atoms with Crippen molar-refractivity contribution >= 4 is 40.8 Å². The van der Waals surface area contributed by atoms with Gasteiger partial charge in [-0.05, 0) is 63.8 Å². The van der Waals surface area contributed by atoms with E-state index in [1.807, 2.05) is 70.3 Å². The maximum atomic E-state index is 14.4. The van der Waals surface area contributed by atoms with Gasteiger partial charge < -0.3 is 59.1 Å². The van der Waals surface area contributed by atoms with E-state index in [1.165, 1.54) is 14.2 Å². The SMILES string of the molecule is COC(=O)N[C@H](C(=O)N1CN(C(=O)N2Cc3ccc4c(c3C2)OCO4)C[C@H]1c1ncc(-c2ccc(-c3cccc4c(-c5cnc([C@@H]6CCCN6C(=O)[C@@H](NC(=O)OC)C(C)C)[nH]5)cccc34)cc2)[nH]1)C(C)C. The number of rotatable bonds is 11. The summed E-state index contributed by atoms with van der Waals surface area (Å²) in [6.45, 7) is 9.03. The highest BCUT2D eigenvalue weighted by atomic mass is 16.7. The van der Waals surface area contributed by atoms with Gasteiger partial charge in [0.05, 0.1) is 63.8 Å². The maximum absolute atomic E-state index is 14.4. The number of nitrogens with one attached hydrogen (secondary N) is 4. The predicted molar refractivity (Wildman–Crippen MR) is 265 cm³/mol. The fraction of sp³-hybridized carbons (Fsp3) is 0.377. The Kier molecular flexibility index (Phi) is 13.0. The summed E-state index contributed by atoms with van der Waals surface area (Å²) < 4.78 is 21.0. The summed E-state index contributed by atoms with van der Waals surface area (Å²) in [5.41, 5.74) is 7.32. The molecule has 4 aliphatic heterocycles. The van der Waals surface area contributed by atoms with Crippen molar-refractivity contribution in [3.05, 3.63) is 108 Å².